The summed E-state index contributed by atoms with van der Waals surface area (Å²) in [5.41, 5.74) is 0.562. The van der Waals surface area contributed by atoms with Crippen molar-refractivity contribution in [2.45, 2.75) is 11.1 Å². The normalized spacial score (nSPS) is 11.4. The Morgan fingerprint density at radius 2 is 2.20 bits per heavy atom. The highest BCUT2D eigenvalue weighted by Crippen LogP contribution is 2.14. The Labute approximate surface area is 124 Å². The van der Waals surface area contributed by atoms with Gasteiger partial charge in [-0.3, -0.25) is 4.79 Å². The van der Waals surface area contributed by atoms with E-state index in [-0.39, 0.29) is 23.2 Å². The van der Waals surface area contributed by atoms with Crippen LogP contribution in [0.5, 0.6) is 0 Å². The number of hydrogen-bond acceptors (Lipinski definition) is 7. The number of hydrogen-bond donors (Lipinski definition) is 2. The van der Waals surface area contributed by atoms with Crippen LogP contribution in [-0.2, 0) is 10.0 Å². The van der Waals surface area contributed by atoms with Crippen LogP contribution in [-0.4, -0.2) is 37.0 Å². The second-order valence-corrected chi connectivity index (χ2v) is 7.47. The van der Waals surface area contributed by atoms with Crippen LogP contribution in [0, 0.1) is 6.92 Å². The van der Waals surface area contributed by atoms with Crippen molar-refractivity contribution in [2.24, 2.45) is 0 Å². The summed E-state index contributed by atoms with van der Waals surface area (Å²) in [4.78, 5) is 12.2. The Morgan fingerprint density at radius 3 is 2.80 bits per heavy atom. The Hall–Kier alpha value is -1.36. The fourth-order valence-electron chi connectivity index (χ4n) is 1.37. The van der Waals surface area contributed by atoms with Crippen LogP contribution < -0.4 is 10.0 Å². The first-order valence-corrected chi connectivity index (χ1v) is 8.74. The molecule has 108 valence electrons. The van der Waals surface area contributed by atoms with Gasteiger partial charge >= 0.3 is 0 Å². The van der Waals surface area contributed by atoms with E-state index in [0.29, 0.717) is 10.6 Å². The summed E-state index contributed by atoms with van der Waals surface area (Å²) in [5, 5.41) is 8.04. The molecule has 0 unspecified atom stereocenters. The predicted octanol–water partition coefficient (Wildman–Crippen LogP) is 0.616. The van der Waals surface area contributed by atoms with Crippen molar-refractivity contribution in [3.05, 3.63) is 28.1 Å². The standard InChI is InChI=1S/C10H12N4O3S3/c1-7-9(19-14-13-7)10(15)11-4-5-12-20(16,17)8-3-2-6-18-8/h2-3,6,12H,4-5H2,1H3,(H,11,15). The number of rotatable bonds is 6. The molecule has 2 heterocycles. The third-order valence-corrected chi connectivity index (χ3v) is 6.01. The molecule has 20 heavy (non-hydrogen) atoms. The van der Waals surface area contributed by atoms with Crippen molar-refractivity contribution in [2.75, 3.05) is 13.1 Å². The van der Waals surface area contributed by atoms with E-state index < -0.39 is 10.0 Å². The second-order valence-electron chi connectivity index (χ2n) is 3.77. The molecular weight excluding hydrogens is 320 g/mol. The molecule has 0 saturated heterocycles. The molecule has 0 aliphatic carbocycles. The number of carbonyl (C=O) groups is 1. The van der Waals surface area contributed by atoms with Gasteiger partial charge in [-0.15, -0.1) is 16.4 Å². The average Bonchev–Trinajstić information content (AvgIpc) is 3.05. The molecule has 7 nitrogen and oxygen atoms in total. The number of nitrogens with one attached hydrogen (secondary N) is 2. The quantitative estimate of drug-likeness (QED) is 0.755. The first-order valence-electron chi connectivity index (χ1n) is 5.61. The zero-order valence-corrected chi connectivity index (χ0v) is 12.9. The molecule has 2 N–H and O–H groups in total. The van der Waals surface area contributed by atoms with Gasteiger partial charge in [-0.2, -0.15) is 0 Å². The highest BCUT2D eigenvalue weighted by atomic mass is 32.2. The lowest BCUT2D eigenvalue weighted by Crippen LogP contribution is -2.34. The van der Waals surface area contributed by atoms with E-state index in [9.17, 15) is 13.2 Å². The van der Waals surface area contributed by atoms with Crippen LogP contribution in [0.1, 0.15) is 15.4 Å². The molecule has 0 aliphatic rings. The molecule has 0 atom stereocenters. The first kappa shape index (κ1) is 15.0. The smallest absolute Gasteiger partial charge is 0.264 e. The maximum absolute atomic E-state index is 11.8. The number of amides is 1. The summed E-state index contributed by atoms with van der Waals surface area (Å²) in [5.74, 6) is -0.298. The van der Waals surface area contributed by atoms with Crippen molar-refractivity contribution in [1.29, 1.82) is 0 Å². The van der Waals surface area contributed by atoms with Gasteiger partial charge in [0, 0.05) is 13.1 Å². The highest BCUT2D eigenvalue weighted by molar-refractivity contribution is 7.91. The van der Waals surface area contributed by atoms with Gasteiger partial charge in [0.05, 0.1) is 5.69 Å². The average molecular weight is 332 g/mol. The largest absolute Gasteiger partial charge is 0.350 e. The van der Waals surface area contributed by atoms with Crippen molar-refractivity contribution in [1.82, 2.24) is 19.6 Å². The monoisotopic (exact) mass is 332 g/mol. The number of carbonyl (C=O) groups excluding carboxylic acids is 1. The highest BCUT2D eigenvalue weighted by Gasteiger charge is 2.15. The van der Waals surface area contributed by atoms with E-state index in [0.717, 1.165) is 22.9 Å². The molecule has 10 heteroatoms. The van der Waals surface area contributed by atoms with Gasteiger partial charge < -0.3 is 5.32 Å². The molecule has 2 rings (SSSR count). The molecule has 2 aromatic heterocycles. The SMILES string of the molecule is Cc1nnsc1C(=O)NCCNS(=O)(=O)c1cccs1. The summed E-state index contributed by atoms with van der Waals surface area (Å²) in [6.07, 6.45) is 0. The molecule has 2 aromatic rings. The van der Waals surface area contributed by atoms with Gasteiger partial charge in [0.1, 0.15) is 9.09 Å². The molecular formula is C10H12N4O3S3. The summed E-state index contributed by atoms with van der Waals surface area (Å²) in [6.45, 7) is 2.01. The fraction of sp³-hybridized carbons (Fsp3) is 0.300. The Balaban J connectivity index is 1.80. The predicted molar refractivity (Wildman–Crippen MR) is 76.5 cm³/mol. The maximum Gasteiger partial charge on any atom is 0.264 e. The van der Waals surface area contributed by atoms with Crippen LogP contribution >= 0.6 is 22.9 Å². The minimum atomic E-state index is -3.48. The van der Waals surface area contributed by atoms with Crippen LogP contribution in [0.2, 0.25) is 0 Å². The fourth-order valence-corrected chi connectivity index (χ4v) is 4.01. The molecule has 0 radical (unpaired) electrons. The zero-order valence-electron chi connectivity index (χ0n) is 10.5. The van der Waals surface area contributed by atoms with E-state index in [1.165, 1.54) is 6.07 Å². The van der Waals surface area contributed by atoms with Gasteiger partial charge in [0.25, 0.3) is 5.91 Å². The molecule has 0 bridgehead atoms. The van der Waals surface area contributed by atoms with Crippen LogP contribution in [0.15, 0.2) is 21.7 Å². The number of aryl methyl sites for hydroxylation is 1. The Morgan fingerprint density at radius 1 is 1.40 bits per heavy atom. The number of sulfonamides is 1. The van der Waals surface area contributed by atoms with Crippen LogP contribution in [0.3, 0.4) is 0 Å². The van der Waals surface area contributed by atoms with E-state index in [1.54, 1.807) is 18.4 Å². The second kappa shape index (κ2) is 6.39. The number of thiophene rings is 1. The molecule has 0 aromatic carbocycles. The van der Waals surface area contributed by atoms with E-state index >= 15 is 0 Å². The third-order valence-electron chi connectivity index (χ3n) is 2.32. The number of aromatic nitrogens is 2. The topological polar surface area (TPSA) is 101 Å². The summed E-state index contributed by atoms with van der Waals surface area (Å²) >= 11 is 2.15. The van der Waals surface area contributed by atoms with E-state index in [4.69, 9.17) is 0 Å². The van der Waals surface area contributed by atoms with Gasteiger partial charge in [0.15, 0.2) is 0 Å². The van der Waals surface area contributed by atoms with Crippen molar-refractivity contribution in [3.63, 3.8) is 0 Å². The van der Waals surface area contributed by atoms with Crippen LogP contribution in [0.4, 0.5) is 0 Å². The van der Waals surface area contributed by atoms with Crippen LogP contribution in [0.25, 0.3) is 0 Å². The van der Waals surface area contributed by atoms with Gasteiger partial charge in [-0.05, 0) is 29.9 Å². The summed E-state index contributed by atoms with van der Waals surface area (Å²) < 4.78 is 29.9. The third kappa shape index (κ3) is 3.60. The Kier molecular flexibility index (Phi) is 4.81. The molecule has 0 spiro atoms. The lowest BCUT2D eigenvalue weighted by molar-refractivity contribution is 0.0957. The lowest BCUT2D eigenvalue weighted by Gasteiger charge is -2.06. The van der Waals surface area contributed by atoms with Crippen molar-refractivity contribution >= 4 is 38.8 Å². The van der Waals surface area contributed by atoms with Gasteiger partial charge in [0.2, 0.25) is 10.0 Å². The van der Waals surface area contributed by atoms with Gasteiger partial charge in [-0.1, -0.05) is 10.6 Å². The molecule has 0 aliphatic heterocycles. The number of nitrogens with zero attached hydrogens (tertiary/aromatic N) is 2. The molecule has 0 saturated carbocycles. The zero-order chi connectivity index (χ0) is 14.6. The van der Waals surface area contributed by atoms with Gasteiger partial charge in [-0.25, -0.2) is 13.1 Å². The first-order chi connectivity index (χ1) is 9.50. The van der Waals surface area contributed by atoms with E-state index in [1.807, 2.05) is 0 Å². The minimum Gasteiger partial charge on any atom is -0.350 e. The summed E-state index contributed by atoms with van der Waals surface area (Å²) in [7, 11) is -3.48. The molecule has 0 fully saturated rings. The Bertz CT molecular complexity index is 678. The van der Waals surface area contributed by atoms with Crippen molar-refractivity contribution < 1.29 is 13.2 Å². The minimum absolute atomic E-state index is 0.122. The lowest BCUT2D eigenvalue weighted by atomic mass is 10.4. The van der Waals surface area contributed by atoms with E-state index in [2.05, 4.69) is 19.6 Å². The summed E-state index contributed by atoms with van der Waals surface area (Å²) in [6, 6.07) is 3.19. The van der Waals surface area contributed by atoms with Crippen molar-refractivity contribution in [3.8, 4) is 0 Å². The molecule has 1 amide bonds. The maximum atomic E-state index is 11.8.